The van der Waals surface area contributed by atoms with E-state index < -0.39 is 12.0 Å². The number of rotatable bonds is 6. The topological polar surface area (TPSA) is 84.6 Å². The largest absolute Gasteiger partial charge is 0.489 e. The zero-order valence-corrected chi connectivity index (χ0v) is 10.0. The van der Waals surface area contributed by atoms with Gasteiger partial charge in [-0.25, -0.2) is 0 Å². The van der Waals surface area contributed by atoms with Crippen LogP contribution in [0.3, 0.4) is 0 Å². The predicted molar refractivity (Wildman–Crippen MR) is 66.3 cm³/mol. The predicted octanol–water partition coefficient (Wildman–Crippen LogP) is 1.30. The minimum atomic E-state index is -1.03. The molecule has 0 saturated heterocycles. The molecule has 1 atom stereocenters. The first-order valence-electron chi connectivity index (χ1n) is 5.48. The fourth-order valence-electron chi connectivity index (χ4n) is 1.28. The highest BCUT2D eigenvalue weighted by atomic mass is 16.5. The molecule has 1 aromatic carbocycles. The van der Waals surface area contributed by atoms with E-state index in [1.807, 2.05) is 38.1 Å². The summed E-state index contributed by atoms with van der Waals surface area (Å²) >= 11 is 0. The van der Waals surface area contributed by atoms with Crippen molar-refractivity contribution in [1.82, 2.24) is 0 Å². The molecule has 0 heterocycles. The van der Waals surface area contributed by atoms with E-state index in [4.69, 9.17) is 15.6 Å². The van der Waals surface area contributed by atoms with Crippen LogP contribution in [0.2, 0.25) is 0 Å². The van der Waals surface area contributed by atoms with Crippen molar-refractivity contribution < 1.29 is 14.6 Å². The summed E-state index contributed by atoms with van der Waals surface area (Å²) in [5, 5.41) is 11.6. The highest BCUT2D eigenvalue weighted by Gasteiger charge is 2.12. The molecule has 0 aliphatic carbocycles. The average molecular weight is 238 g/mol. The maximum Gasteiger partial charge on any atom is 0.322 e. The molecule has 0 saturated carbocycles. The molecular weight excluding hydrogens is 220 g/mol. The third-order valence-corrected chi connectivity index (χ3v) is 2.08. The Morgan fingerprint density at radius 1 is 1.47 bits per heavy atom. The maximum atomic E-state index is 10.6. The van der Waals surface area contributed by atoms with Gasteiger partial charge in [0.05, 0.1) is 11.8 Å². The van der Waals surface area contributed by atoms with Gasteiger partial charge in [-0.15, -0.1) is 0 Å². The lowest BCUT2D eigenvalue weighted by Gasteiger charge is -2.16. The van der Waals surface area contributed by atoms with Crippen molar-refractivity contribution in [3.8, 4) is 5.75 Å². The molecule has 0 spiro atoms. The standard InChI is InChI=1S/C12H18N2O3/c1-8(2)17-11-6-4-3-5-10(11)14-7-9(13)12(15)16/h3-6,8-9,14H,7,13H2,1-2H3,(H,15,16). The lowest BCUT2D eigenvalue weighted by atomic mass is 10.2. The van der Waals surface area contributed by atoms with E-state index in [2.05, 4.69) is 5.32 Å². The number of para-hydroxylation sites is 2. The van der Waals surface area contributed by atoms with Crippen LogP contribution in [0.5, 0.6) is 5.75 Å². The van der Waals surface area contributed by atoms with E-state index in [9.17, 15) is 4.79 Å². The van der Waals surface area contributed by atoms with Gasteiger partial charge in [0.25, 0.3) is 0 Å². The molecule has 5 nitrogen and oxygen atoms in total. The number of benzene rings is 1. The monoisotopic (exact) mass is 238 g/mol. The van der Waals surface area contributed by atoms with Crippen LogP contribution in [0.4, 0.5) is 5.69 Å². The smallest absolute Gasteiger partial charge is 0.322 e. The molecule has 17 heavy (non-hydrogen) atoms. The van der Waals surface area contributed by atoms with Gasteiger partial charge in [0.2, 0.25) is 0 Å². The summed E-state index contributed by atoms with van der Waals surface area (Å²) in [6, 6.07) is 6.44. The first kappa shape index (κ1) is 13.3. The second-order valence-electron chi connectivity index (χ2n) is 3.99. The van der Waals surface area contributed by atoms with Crippen molar-refractivity contribution in [2.45, 2.75) is 26.0 Å². The van der Waals surface area contributed by atoms with Gasteiger partial charge in [-0.2, -0.15) is 0 Å². The van der Waals surface area contributed by atoms with Crippen LogP contribution in [-0.4, -0.2) is 29.8 Å². The van der Waals surface area contributed by atoms with Crippen LogP contribution in [0.15, 0.2) is 24.3 Å². The van der Waals surface area contributed by atoms with Gasteiger partial charge < -0.3 is 20.9 Å². The number of carboxylic acid groups (broad SMARTS) is 1. The molecule has 1 unspecified atom stereocenters. The summed E-state index contributed by atoms with van der Waals surface area (Å²) in [6.07, 6.45) is 0.0612. The van der Waals surface area contributed by atoms with Gasteiger partial charge >= 0.3 is 5.97 Å². The fourth-order valence-corrected chi connectivity index (χ4v) is 1.28. The van der Waals surface area contributed by atoms with Crippen LogP contribution >= 0.6 is 0 Å². The molecule has 94 valence electrons. The highest BCUT2D eigenvalue weighted by molar-refractivity contribution is 5.74. The lowest BCUT2D eigenvalue weighted by Crippen LogP contribution is -2.37. The first-order valence-corrected chi connectivity index (χ1v) is 5.48. The maximum absolute atomic E-state index is 10.6. The number of ether oxygens (including phenoxy) is 1. The number of aliphatic carboxylic acids is 1. The Kier molecular flexibility index (Phi) is 4.78. The van der Waals surface area contributed by atoms with Gasteiger partial charge in [0.15, 0.2) is 0 Å². The van der Waals surface area contributed by atoms with Crippen molar-refractivity contribution in [2.24, 2.45) is 5.73 Å². The average Bonchev–Trinajstić information content (AvgIpc) is 2.26. The zero-order chi connectivity index (χ0) is 12.8. The second-order valence-corrected chi connectivity index (χ2v) is 3.99. The minimum Gasteiger partial charge on any atom is -0.489 e. The molecule has 0 aromatic heterocycles. The highest BCUT2D eigenvalue weighted by Crippen LogP contribution is 2.24. The summed E-state index contributed by atoms with van der Waals surface area (Å²) in [7, 11) is 0. The quantitative estimate of drug-likeness (QED) is 0.695. The Labute approximate surface area is 101 Å². The van der Waals surface area contributed by atoms with E-state index >= 15 is 0 Å². The van der Waals surface area contributed by atoms with E-state index in [1.54, 1.807) is 0 Å². The molecule has 0 radical (unpaired) electrons. The molecule has 0 bridgehead atoms. The number of carbonyl (C=O) groups is 1. The third-order valence-electron chi connectivity index (χ3n) is 2.08. The molecule has 0 aliphatic rings. The zero-order valence-electron chi connectivity index (χ0n) is 10.0. The molecule has 0 aliphatic heterocycles. The van der Waals surface area contributed by atoms with Crippen molar-refractivity contribution in [3.63, 3.8) is 0 Å². The van der Waals surface area contributed by atoms with Crippen molar-refractivity contribution in [3.05, 3.63) is 24.3 Å². The molecule has 0 fully saturated rings. The number of hydrogen-bond donors (Lipinski definition) is 3. The number of carboxylic acids is 1. The van der Waals surface area contributed by atoms with Crippen LogP contribution in [0.25, 0.3) is 0 Å². The summed E-state index contributed by atoms with van der Waals surface area (Å²) in [4.78, 5) is 10.6. The second kappa shape index (κ2) is 6.10. The normalized spacial score (nSPS) is 12.2. The Hall–Kier alpha value is -1.75. The van der Waals surface area contributed by atoms with Crippen LogP contribution in [-0.2, 0) is 4.79 Å². The Morgan fingerprint density at radius 2 is 2.12 bits per heavy atom. The number of nitrogens with two attached hydrogens (primary N) is 1. The fraction of sp³-hybridized carbons (Fsp3) is 0.417. The molecule has 5 heteroatoms. The summed E-state index contributed by atoms with van der Waals surface area (Å²) in [5.74, 6) is -0.333. The number of anilines is 1. The Balaban J connectivity index is 2.66. The van der Waals surface area contributed by atoms with Gasteiger partial charge in [-0.3, -0.25) is 4.79 Å². The van der Waals surface area contributed by atoms with Crippen LogP contribution in [0.1, 0.15) is 13.8 Å². The summed E-state index contributed by atoms with van der Waals surface area (Å²) < 4.78 is 5.59. The summed E-state index contributed by atoms with van der Waals surface area (Å²) in [5.41, 5.74) is 6.16. The van der Waals surface area contributed by atoms with Gasteiger partial charge in [-0.05, 0) is 26.0 Å². The molecular formula is C12H18N2O3. The third kappa shape index (κ3) is 4.32. The summed E-state index contributed by atoms with van der Waals surface area (Å²) in [6.45, 7) is 4.02. The molecule has 1 rings (SSSR count). The van der Waals surface area contributed by atoms with Crippen molar-refractivity contribution in [2.75, 3.05) is 11.9 Å². The van der Waals surface area contributed by atoms with Crippen molar-refractivity contribution >= 4 is 11.7 Å². The molecule has 0 amide bonds. The Morgan fingerprint density at radius 3 is 2.71 bits per heavy atom. The Bertz CT molecular complexity index is 380. The minimum absolute atomic E-state index is 0.0612. The SMILES string of the molecule is CC(C)Oc1ccccc1NCC(N)C(=O)O. The number of hydrogen-bond acceptors (Lipinski definition) is 4. The first-order chi connectivity index (χ1) is 8.00. The van der Waals surface area contributed by atoms with E-state index in [1.165, 1.54) is 0 Å². The van der Waals surface area contributed by atoms with Gasteiger partial charge in [0, 0.05) is 6.54 Å². The van der Waals surface area contributed by atoms with E-state index in [-0.39, 0.29) is 12.6 Å². The van der Waals surface area contributed by atoms with Gasteiger partial charge in [-0.1, -0.05) is 12.1 Å². The lowest BCUT2D eigenvalue weighted by molar-refractivity contribution is -0.138. The van der Waals surface area contributed by atoms with Crippen LogP contribution < -0.4 is 15.8 Å². The van der Waals surface area contributed by atoms with Crippen LogP contribution in [0, 0.1) is 0 Å². The molecule has 1 aromatic rings. The van der Waals surface area contributed by atoms with E-state index in [0.29, 0.717) is 5.75 Å². The number of nitrogens with one attached hydrogen (secondary N) is 1. The van der Waals surface area contributed by atoms with Crippen molar-refractivity contribution in [1.29, 1.82) is 0 Å². The van der Waals surface area contributed by atoms with E-state index in [0.717, 1.165) is 5.69 Å². The van der Waals surface area contributed by atoms with Gasteiger partial charge in [0.1, 0.15) is 11.8 Å². The molecule has 4 N–H and O–H groups in total.